The fourth-order valence-corrected chi connectivity index (χ4v) is 2.48. The zero-order chi connectivity index (χ0) is 14.4. The van der Waals surface area contributed by atoms with Crippen LogP contribution in [0, 0.1) is 6.92 Å². The summed E-state index contributed by atoms with van der Waals surface area (Å²) in [4.78, 5) is 12.5. The number of hydrogen-bond donors (Lipinski definition) is 1. The van der Waals surface area contributed by atoms with Gasteiger partial charge < -0.3 is 9.67 Å². The molecule has 0 saturated heterocycles. The number of nitrogens with zero attached hydrogens (tertiary/aromatic N) is 3. The van der Waals surface area contributed by atoms with E-state index in [0.717, 1.165) is 11.1 Å². The summed E-state index contributed by atoms with van der Waals surface area (Å²) in [6.07, 6.45) is 1.72. The lowest BCUT2D eigenvalue weighted by molar-refractivity contribution is 0.479. The molecule has 0 radical (unpaired) electrons. The Hall–Kier alpha value is -2.56. The lowest BCUT2D eigenvalue weighted by Gasteiger charge is -2.10. The van der Waals surface area contributed by atoms with Crippen LogP contribution in [0.15, 0.2) is 35.3 Å². The average Bonchev–Trinajstić information content (AvgIpc) is 2.81. The topological polar surface area (TPSA) is 60.1 Å². The molecule has 3 rings (SSSR count). The lowest BCUT2D eigenvalue weighted by Crippen LogP contribution is -2.19. The van der Waals surface area contributed by atoms with Gasteiger partial charge in [0.25, 0.3) is 5.56 Å². The summed E-state index contributed by atoms with van der Waals surface area (Å²) >= 11 is 0. The third-order valence-electron chi connectivity index (χ3n) is 3.56. The number of benzene rings is 1. The number of aryl methyl sites for hydroxylation is 3. The maximum absolute atomic E-state index is 12.5. The number of rotatable bonds is 1. The predicted molar refractivity (Wildman–Crippen MR) is 77.8 cm³/mol. The van der Waals surface area contributed by atoms with E-state index in [-0.39, 0.29) is 11.3 Å². The zero-order valence-corrected chi connectivity index (χ0v) is 11.6. The van der Waals surface area contributed by atoms with Gasteiger partial charge in [-0.05, 0) is 18.1 Å². The first-order valence-electron chi connectivity index (χ1n) is 6.32. The molecule has 0 saturated carbocycles. The van der Waals surface area contributed by atoms with Gasteiger partial charge in [-0.25, -0.2) is 0 Å². The molecule has 0 aliphatic carbocycles. The fourth-order valence-electron chi connectivity index (χ4n) is 2.48. The second-order valence-corrected chi connectivity index (χ2v) is 4.94. The van der Waals surface area contributed by atoms with E-state index in [9.17, 15) is 9.90 Å². The Morgan fingerprint density at radius 1 is 1.20 bits per heavy atom. The van der Waals surface area contributed by atoms with Crippen LogP contribution in [0.3, 0.4) is 0 Å². The largest absolute Gasteiger partial charge is 0.505 e. The monoisotopic (exact) mass is 269 g/mol. The summed E-state index contributed by atoms with van der Waals surface area (Å²) in [6, 6.07) is 7.50. The molecule has 0 aliphatic heterocycles. The van der Waals surface area contributed by atoms with Gasteiger partial charge >= 0.3 is 0 Å². The molecule has 5 nitrogen and oxygen atoms in total. The minimum absolute atomic E-state index is 0.0574. The van der Waals surface area contributed by atoms with E-state index in [1.807, 2.05) is 31.2 Å². The van der Waals surface area contributed by atoms with Crippen LogP contribution in [0.4, 0.5) is 0 Å². The van der Waals surface area contributed by atoms with Crippen LogP contribution in [-0.4, -0.2) is 19.5 Å². The third kappa shape index (κ3) is 1.63. The van der Waals surface area contributed by atoms with Gasteiger partial charge in [-0.1, -0.05) is 24.3 Å². The third-order valence-corrected chi connectivity index (χ3v) is 3.56. The highest BCUT2D eigenvalue weighted by atomic mass is 16.3. The lowest BCUT2D eigenvalue weighted by atomic mass is 10.0. The second kappa shape index (κ2) is 4.23. The van der Waals surface area contributed by atoms with Crippen molar-refractivity contribution in [1.29, 1.82) is 0 Å². The number of aromatic hydroxyl groups is 1. The minimum Gasteiger partial charge on any atom is -0.505 e. The van der Waals surface area contributed by atoms with Crippen LogP contribution in [0.25, 0.3) is 22.2 Å². The maximum Gasteiger partial charge on any atom is 0.262 e. The van der Waals surface area contributed by atoms with Gasteiger partial charge in [-0.2, -0.15) is 5.10 Å². The summed E-state index contributed by atoms with van der Waals surface area (Å²) in [6.45, 7) is 1.91. The van der Waals surface area contributed by atoms with Crippen LogP contribution in [0.5, 0.6) is 5.75 Å². The molecule has 0 spiro atoms. The minimum atomic E-state index is -0.225. The number of fused-ring (bicyclic) bond motifs is 1. The summed E-state index contributed by atoms with van der Waals surface area (Å²) in [5.74, 6) is -0.0574. The van der Waals surface area contributed by atoms with Crippen LogP contribution < -0.4 is 5.56 Å². The van der Waals surface area contributed by atoms with Crippen LogP contribution in [0.1, 0.15) is 5.56 Å². The molecule has 0 amide bonds. The normalized spacial score (nSPS) is 11.2. The average molecular weight is 269 g/mol. The van der Waals surface area contributed by atoms with Gasteiger partial charge in [-0.15, -0.1) is 0 Å². The van der Waals surface area contributed by atoms with E-state index >= 15 is 0 Å². The molecule has 0 atom stereocenters. The predicted octanol–water partition coefficient (Wildman–Crippen LogP) is 1.95. The van der Waals surface area contributed by atoms with Crippen molar-refractivity contribution in [2.75, 3.05) is 0 Å². The van der Waals surface area contributed by atoms with Crippen molar-refractivity contribution in [3.63, 3.8) is 0 Å². The Balaban J connectivity index is 2.49. The molecule has 1 aromatic carbocycles. The standard InChI is InChI=1S/C15H15N3O2/c1-9-6-4-5-7-10(9)12-14(19)13-11(8-17(2)16-13)18(3)15(12)20/h4-8,19H,1-3H3. The highest BCUT2D eigenvalue weighted by molar-refractivity contribution is 5.89. The van der Waals surface area contributed by atoms with Gasteiger partial charge in [0.1, 0.15) is 0 Å². The molecule has 0 fully saturated rings. The Bertz CT molecular complexity index is 875. The van der Waals surface area contributed by atoms with Crippen LogP contribution >= 0.6 is 0 Å². The quantitative estimate of drug-likeness (QED) is 0.734. The summed E-state index contributed by atoms with van der Waals surface area (Å²) < 4.78 is 3.11. The first-order valence-corrected chi connectivity index (χ1v) is 6.32. The van der Waals surface area contributed by atoms with E-state index in [2.05, 4.69) is 5.10 Å². The summed E-state index contributed by atoms with van der Waals surface area (Å²) in [5.41, 5.74) is 2.81. The van der Waals surface area contributed by atoms with Gasteiger partial charge in [0.2, 0.25) is 0 Å². The fraction of sp³-hybridized carbons (Fsp3) is 0.200. The molecular weight excluding hydrogens is 254 g/mol. The Kier molecular flexibility index (Phi) is 2.64. The van der Waals surface area contributed by atoms with Crippen molar-refractivity contribution in [3.05, 3.63) is 46.4 Å². The molecule has 5 heteroatoms. The summed E-state index contributed by atoms with van der Waals surface area (Å²) in [5, 5.41) is 14.7. The highest BCUT2D eigenvalue weighted by Crippen LogP contribution is 2.33. The van der Waals surface area contributed by atoms with Gasteiger partial charge in [0.05, 0.1) is 11.1 Å². The molecule has 102 valence electrons. The maximum atomic E-state index is 12.5. The molecule has 1 N–H and O–H groups in total. The molecule has 2 heterocycles. The molecule has 3 aromatic rings. The molecule has 0 aliphatic rings. The molecule has 0 unspecified atom stereocenters. The smallest absolute Gasteiger partial charge is 0.262 e. The first-order chi connectivity index (χ1) is 9.50. The Morgan fingerprint density at radius 3 is 2.60 bits per heavy atom. The van der Waals surface area contributed by atoms with Crippen molar-refractivity contribution >= 4 is 11.0 Å². The van der Waals surface area contributed by atoms with Crippen molar-refractivity contribution in [2.45, 2.75) is 6.92 Å². The van der Waals surface area contributed by atoms with Crippen LogP contribution in [0.2, 0.25) is 0 Å². The van der Waals surface area contributed by atoms with E-state index in [4.69, 9.17) is 0 Å². The summed E-state index contributed by atoms with van der Waals surface area (Å²) in [7, 11) is 3.45. The van der Waals surface area contributed by atoms with Crippen molar-refractivity contribution in [3.8, 4) is 16.9 Å². The second-order valence-electron chi connectivity index (χ2n) is 4.94. The Morgan fingerprint density at radius 2 is 1.90 bits per heavy atom. The van der Waals surface area contributed by atoms with Gasteiger partial charge in [-0.3, -0.25) is 9.48 Å². The van der Waals surface area contributed by atoms with Crippen molar-refractivity contribution < 1.29 is 5.11 Å². The van der Waals surface area contributed by atoms with Crippen LogP contribution in [-0.2, 0) is 14.1 Å². The number of pyridine rings is 1. The number of hydrogen-bond acceptors (Lipinski definition) is 3. The van der Waals surface area contributed by atoms with E-state index in [1.54, 1.807) is 25.0 Å². The SMILES string of the molecule is Cc1ccccc1-c1c(O)c2nn(C)cc2n(C)c1=O. The highest BCUT2D eigenvalue weighted by Gasteiger charge is 2.19. The molecule has 20 heavy (non-hydrogen) atoms. The molecular formula is C15H15N3O2. The Labute approximate surface area is 115 Å². The molecule has 2 aromatic heterocycles. The van der Waals surface area contributed by atoms with Gasteiger partial charge in [0, 0.05) is 20.3 Å². The number of aromatic nitrogens is 3. The van der Waals surface area contributed by atoms with Gasteiger partial charge in [0.15, 0.2) is 11.3 Å². The molecule has 0 bridgehead atoms. The van der Waals surface area contributed by atoms with E-state index in [0.29, 0.717) is 16.6 Å². The van der Waals surface area contributed by atoms with Crippen molar-refractivity contribution in [2.24, 2.45) is 14.1 Å². The van der Waals surface area contributed by atoms with E-state index in [1.165, 1.54) is 4.57 Å². The van der Waals surface area contributed by atoms with E-state index < -0.39 is 0 Å². The van der Waals surface area contributed by atoms with Crippen molar-refractivity contribution in [1.82, 2.24) is 14.3 Å². The zero-order valence-electron chi connectivity index (χ0n) is 11.6. The first kappa shape index (κ1) is 12.5.